The van der Waals surface area contributed by atoms with Gasteiger partial charge in [-0.2, -0.15) is 0 Å². The van der Waals surface area contributed by atoms with E-state index in [1.165, 1.54) is 17.0 Å². The Morgan fingerprint density at radius 1 is 1.30 bits per heavy atom. The minimum absolute atomic E-state index is 0.0745. The average molecular weight is 394 g/mol. The van der Waals surface area contributed by atoms with Crippen LogP contribution in [0.3, 0.4) is 0 Å². The van der Waals surface area contributed by atoms with Crippen LogP contribution in [0.25, 0.3) is 0 Å². The summed E-state index contributed by atoms with van der Waals surface area (Å²) in [7, 11) is 1.58. The Labute approximate surface area is 162 Å². The lowest BCUT2D eigenvalue weighted by Gasteiger charge is -2.27. The zero-order chi connectivity index (χ0) is 19.6. The summed E-state index contributed by atoms with van der Waals surface area (Å²) in [6, 6.07) is 9.23. The Kier molecular flexibility index (Phi) is 5.87. The summed E-state index contributed by atoms with van der Waals surface area (Å²) in [5.74, 6) is 0.671. The van der Waals surface area contributed by atoms with Crippen LogP contribution in [-0.4, -0.2) is 35.7 Å². The molecule has 0 bridgehead atoms. The molecule has 0 radical (unpaired) electrons. The molecular weight excluding hydrogens is 373 g/mol. The van der Waals surface area contributed by atoms with E-state index >= 15 is 0 Å². The van der Waals surface area contributed by atoms with Crippen molar-refractivity contribution in [2.45, 2.75) is 32.1 Å². The molecule has 1 N–H and O–H groups in total. The Hall–Kier alpha value is -2.31. The highest BCUT2D eigenvalue weighted by atomic mass is 35.5. The third kappa shape index (κ3) is 4.34. The summed E-state index contributed by atoms with van der Waals surface area (Å²) < 4.78 is 24.9. The van der Waals surface area contributed by atoms with Crippen LogP contribution in [0.1, 0.15) is 30.5 Å². The maximum Gasteiger partial charge on any atom is 0.225 e. The first-order valence-electron chi connectivity index (χ1n) is 8.61. The fourth-order valence-corrected chi connectivity index (χ4v) is 3.50. The minimum Gasteiger partial charge on any atom is -0.497 e. The van der Waals surface area contributed by atoms with E-state index in [-0.39, 0.29) is 30.5 Å². The Bertz CT molecular complexity index is 827. The third-order valence-electron chi connectivity index (χ3n) is 4.69. The molecule has 1 fully saturated rings. The standard InChI is InChI=1S/C20H21ClFNO4/c1-12(23-10-14(24)9-20(23)25)17-7-13(22)8-19(21)18(17)11-27-16-5-3-15(26-2)4-6-16/h3-8,12,14,24H,9-11H2,1-2H3/t12-,14?/m0/s1. The number of likely N-dealkylation sites (tertiary alicyclic amines) is 1. The predicted octanol–water partition coefficient (Wildman–Crippen LogP) is 3.72. The Morgan fingerprint density at radius 3 is 2.56 bits per heavy atom. The van der Waals surface area contributed by atoms with Gasteiger partial charge in [-0.3, -0.25) is 4.79 Å². The van der Waals surface area contributed by atoms with Crippen molar-refractivity contribution in [2.75, 3.05) is 13.7 Å². The highest BCUT2D eigenvalue weighted by Gasteiger charge is 2.33. The molecule has 0 spiro atoms. The molecule has 5 nitrogen and oxygen atoms in total. The predicted molar refractivity (Wildman–Crippen MR) is 99.5 cm³/mol. The van der Waals surface area contributed by atoms with Crippen molar-refractivity contribution in [3.05, 3.63) is 58.4 Å². The number of carbonyl (C=O) groups is 1. The highest BCUT2D eigenvalue weighted by molar-refractivity contribution is 6.31. The summed E-state index contributed by atoms with van der Waals surface area (Å²) >= 11 is 6.27. The second-order valence-electron chi connectivity index (χ2n) is 6.50. The number of hydrogen-bond donors (Lipinski definition) is 1. The summed E-state index contributed by atoms with van der Waals surface area (Å²) in [6.07, 6.45) is -0.631. The minimum atomic E-state index is -0.706. The molecule has 1 aliphatic heterocycles. The second kappa shape index (κ2) is 8.15. The summed E-state index contributed by atoms with van der Waals surface area (Å²) in [5, 5.41) is 9.98. The number of hydrogen-bond acceptors (Lipinski definition) is 4. The van der Waals surface area contributed by atoms with Crippen LogP contribution in [0.2, 0.25) is 5.02 Å². The number of ether oxygens (including phenoxy) is 2. The molecule has 7 heteroatoms. The van der Waals surface area contributed by atoms with Gasteiger partial charge in [0.05, 0.1) is 30.7 Å². The molecule has 1 saturated heterocycles. The molecule has 1 unspecified atom stereocenters. The third-order valence-corrected chi connectivity index (χ3v) is 5.03. The van der Waals surface area contributed by atoms with Gasteiger partial charge in [0.1, 0.15) is 23.9 Å². The number of nitrogens with zero attached hydrogens (tertiary/aromatic N) is 1. The number of methoxy groups -OCH3 is 1. The number of benzene rings is 2. The first kappa shape index (κ1) is 19.5. The quantitative estimate of drug-likeness (QED) is 0.812. The van der Waals surface area contributed by atoms with Crippen LogP contribution in [0.5, 0.6) is 11.5 Å². The van der Waals surface area contributed by atoms with Crippen molar-refractivity contribution in [3.63, 3.8) is 0 Å². The summed E-state index contributed by atoms with van der Waals surface area (Å²) in [5.41, 5.74) is 1.17. The van der Waals surface area contributed by atoms with E-state index in [1.807, 2.05) is 0 Å². The van der Waals surface area contributed by atoms with Crippen molar-refractivity contribution in [2.24, 2.45) is 0 Å². The van der Waals surface area contributed by atoms with E-state index in [1.54, 1.807) is 38.3 Å². The molecule has 27 heavy (non-hydrogen) atoms. The molecule has 1 amide bonds. The maximum atomic E-state index is 14.0. The van der Waals surface area contributed by atoms with Crippen LogP contribution < -0.4 is 9.47 Å². The SMILES string of the molecule is COc1ccc(OCc2c(Cl)cc(F)cc2[C@H](C)N2CC(O)CC2=O)cc1. The van der Waals surface area contributed by atoms with Gasteiger partial charge in [-0.05, 0) is 48.9 Å². The number of aliphatic hydroxyl groups is 1. The molecule has 2 aromatic rings. The first-order valence-corrected chi connectivity index (χ1v) is 8.99. The number of halogens is 2. The van der Waals surface area contributed by atoms with Crippen LogP contribution in [0, 0.1) is 5.82 Å². The molecular formula is C20H21ClFNO4. The van der Waals surface area contributed by atoms with Gasteiger partial charge in [-0.1, -0.05) is 11.6 Å². The topological polar surface area (TPSA) is 59.0 Å². The van der Waals surface area contributed by atoms with Gasteiger partial charge in [0, 0.05) is 12.1 Å². The van der Waals surface area contributed by atoms with Crippen molar-refractivity contribution in [3.8, 4) is 11.5 Å². The van der Waals surface area contributed by atoms with Crippen molar-refractivity contribution in [1.29, 1.82) is 0 Å². The fourth-order valence-electron chi connectivity index (χ4n) is 3.23. The first-order chi connectivity index (χ1) is 12.9. The molecule has 3 rings (SSSR count). The number of β-amino-alcohol motifs (C(OH)–C–C–N with tert-alkyl or cyclic N) is 1. The lowest BCUT2D eigenvalue weighted by atomic mass is 10.0. The molecule has 0 aromatic heterocycles. The van der Waals surface area contributed by atoms with E-state index < -0.39 is 18.0 Å². The molecule has 144 valence electrons. The van der Waals surface area contributed by atoms with E-state index in [2.05, 4.69) is 0 Å². The van der Waals surface area contributed by atoms with Crippen LogP contribution in [0.15, 0.2) is 36.4 Å². The highest BCUT2D eigenvalue weighted by Crippen LogP contribution is 2.33. The van der Waals surface area contributed by atoms with E-state index in [4.69, 9.17) is 21.1 Å². The van der Waals surface area contributed by atoms with Gasteiger partial charge in [0.25, 0.3) is 0 Å². The van der Waals surface area contributed by atoms with Gasteiger partial charge >= 0.3 is 0 Å². The fraction of sp³-hybridized carbons (Fsp3) is 0.350. The number of carbonyl (C=O) groups excluding carboxylic acids is 1. The molecule has 0 saturated carbocycles. The van der Waals surface area contributed by atoms with Gasteiger partial charge in [-0.25, -0.2) is 4.39 Å². The van der Waals surface area contributed by atoms with Crippen molar-refractivity contribution < 1.29 is 23.8 Å². The lowest BCUT2D eigenvalue weighted by Crippen LogP contribution is -2.30. The summed E-state index contributed by atoms with van der Waals surface area (Å²) in [4.78, 5) is 13.7. The largest absolute Gasteiger partial charge is 0.497 e. The molecule has 1 aliphatic rings. The van der Waals surface area contributed by atoms with Crippen LogP contribution in [-0.2, 0) is 11.4 Å². The number of amides is 1. The zero-order valence-electron chi connectivity index (χ0n) is 15.1. The molecule has 1 heterocycles. The molecule has 0 aliphatic carbocycles. The van der Waals surface area contributed by atoms with Gasteiger partial charge in [0.2, 0.25) is 5.91 Å². The van der Waals surface area contributed by atoms with Crippen LogP contribution in [0.4, 0.5) is 4.39 Å². The Morgan fingerprint density at radius 2 is 1.96 bits per heavy atom. The maximum absolute atomic E-state index is 14.0. The van der Waals surface area contributed by atoms with E-state index in [9.17, 15) is 14.3 Å². The van der Waals surface area contributed by atoms with E-state index in [0.29, 0.717) is 22.6 Å². The van der Waals surface area contributed by atoms with Crippen molar-refractivity contribution in [1.82, 2.24) is 4.90 Å². The van der Waals surface area contributed by atoms with Gasteiger partial charge in [0.15, 0.2) is 0 Å². The summed E-state index contributed by atoms with van der Waals surface area (Å²) in [6.45, 7) is 2.13. The number of rotatable bonds is 6. The van der Waals surface area contributed by atoms with Crippen LogP contribution >= 0.6 is 11.6 Å². The van der Waals surface area contributed by atoms with Gasteiger partial charge < -0.3 is 19.5 Å². The van der Waals surface area contributed by atoms with E-state index in [0.717, 1.165) is 0 Å². The Balaban J connectivity index is 1.84. The number of aliphatic hydroxyl groups excluding tert-OH is 1. The molecule has 2 atom stereocenters. The molecule has 2 aromatic carbocycles. The van der Waals surface area contributed by atoms with Gasteiger partial charge in [-0.15, -0.1) is 0 Å². The monoisotopic (exact) mass is 393 g/mol. The normalized spacial score (nSPS) is 17.9. The average Bonchev–Trinajstić information content (AvgIpc) is 2.98. The zero-order valence-corrected chi connectivity index (χ0v) is 15.9. The van der Waals surface area contributed by atoms with Crippen molar-refractivity contribution >= 4 is 17.5 Å². The lowest BCUT2D eigenvalue weighted by molar-refractivity contribution is -0.129. The second-order valence-corrected chi connectivity index (χ2v) is 6.91. The smallest absolute Gasteiger partial charge is 0.225 e.